The third-order valence-corrected chi connectivity index (χ3v) is 2.35. The lowest BCUT2D eigenvalue weighted by molar-refractivity contribution is -0.145. The van der Waals surface area contributed by atoms with E-state index in [9.17, 15) is 4.79 Å². The second-order valence-electron chi connectivity index (χ2n) is 4.53. The van der Waals surface area contributed by atoms with Gasteiger partial charge in [0.2, 0.25) is 0 Å². The fourth-order valence-corrected chi connectivity index (χ4v) is 0.805. The lowest BCUT2D eigenvalue weighted by Gasteiger charge is -2.26. The molecule has 0 heterocycles. The van der Waals surface area contributed by atoms with Gasteiger partial charge < -0.3 is 15.9 Å². The molecule has 0 aliphatic carbocycles. The summed E-state index contributed by atoms with van der Waals surface area (Å²) >= 11 is 0. The Hall–Kier alpha value is -0.610. The van der Waals surface area contributed by atoms with Crippen molar-refractivity contribution in [1.82, 2.24) is 0 Å². The molecule has 0 spiro atoms. The molecule has 4 heteroatoms. The van der Waals surface area contributed by atoms with Gasteiger partial charge in [-0.3, -0.25) is 0 Å². The molecule has 92 valence electrons. The Labute approximate surface area is 92.5 Å². The van der Waals surface area contributed by atoms with Crippen molar-refractivity contribution in [3.63, 3.8) is 0 Å². The van der Waals surface area contributed by atoms with E-state index < -0.39 is 12.1 Å². The van der Waals surface area contributed by atoms with Gasteiger partial charge in [0, 0.05) is 5.54 Å². The van der Waals surface area contributed by atoms with Crippen molar-refractivity contribution in [2.45, 2.75) is 59.1 Å². The second kappa shape index (κ2) is 7.65. The first kappa shape index (κ1) is 16.8. The van der Waals surface area contributed by atoms with Gasteiger partial charge in [-0.2, -0.15) is 0 Å². The molecule has 2 atom stereocenters. The molecule has 15 heavy (non-hydrogen) atoms. The van der Waals surface area contributed by atoms with Crippen LogP contribution in [0.25, 0.3) is 0 Å². The molecule has 2 unspecified atom stereocenters. The van der Waals surface area contributed by atoms with Crippen molar-refractivity contribution in [3.05, 3.63) is 0 Å². The summed E-state index contributed by atoms with van der Waals surface area (Å²) in [5.41, 5.74) is 5.87. The predicted molar refractivity (Wildman–Crippen MR) is 61.7 cm³/mol. The van der Waals surface area contributed by atoms with E-state index in [1.807, 2.05) is 0 Å². The molecule has 0 fully saturated rings. The van der Waals surface area contributed by atoms with Crippen LogP contribution in [0, 0.1) is 5.92 Å². The van der Waals surface area contributed by atoms with Crippen LogP contribution in [0.1, 0.15) is 47.5 Å². The van der Waals surface area contributed by atoms with Crippen LogP contribution in [0.4, 0.5) is 0 Å². The number of aliphatic hydroxyl groups is 1. The Morgan fingerprint density at radius 1 is 1.40 bits per heavy atom. The van der Waals surface area contributed by atoms with Crippen LogP contribution in [-0.4, -0.2) is 27.8 Å². The summed E-state index contributed by atoms with van der Waals surface area (Å²) in [5, 5.41) is 15.8. The van der Waals surface area contributed by atoms with E-state index in [0.717, 1.165) is 0 Å². The quantitative estimate of drug-likeness (QED) is 0.670. The number of rotatable bonds is 4. The number of nitrogens with two attached hydrogens (primary N) is 1. The van der Waals surface area contributed by atoms with E-state index in [4.69, 9.17) is 15.9 Å². The van der Waals surface area contributed by atoms with Crippen molar-refractivity contribution < 1.29 is 15.0 Å². The van der Waals surface area contributed by atoms with Crippen LogP contribution in [0.3, 0.4) is 0 Å². The molecule has 0 rings (SSSR count). The number of carboxylic acids is 1. The number of carbonyl (C=O) groups is 1. The zero-order valence-electron chi connectivity index (χ0n) is 10.4. The average molecular weight is 219 g/mol. The van der Waals surface area contributed by atoms with E-state index >= 15 is 0 Å². The first-order valence-corrected chi connectivity index (χ1v) is 5.32. The topological polar surface area (TPSA) is 83.5 Å². The van der Waals surface area contributed by atoms with Crippen molar-refractivity contribution in [1.29, 1.82) is 0 Å². The summed E-state index contributed by atoms with van der Waals surface area (Å²) in [4.78, 5) is 9.45. The molecule has 0 aromatic heterocycles. The molecule has 0 aromatic carbocycles. The molecule has 0 aliphatic rings. The van der Waals surface area contributed by atoms with E-state index in [1.165, 1.54) is 19.8 Å². The molecular formula is C11H25NO3. The first-order valence-electron chi connectivity index (χ1n) is 5.32. The summed E-state index contributed by atoms with van der Waals surface area (Å²) < 4.78 is 0. The van der Waals surface area contributed by atoms with E-state index in [1.54, 1.807) is 0 Å². The number of aliphatic hydroxyl groups excluding tert-OH is 1. The Kier molecular flexibility index (Phi) is 8.57. The minimum absolute atomic E-state index is 0.00993. The Morgan fingerprint density at radius 2 is 1.73 bits per heavy atom. The highest BCUT2D eigenvalue weighted by Crippen LogP contribution is 2.17. The Morgan fingerprint density at radius 3 is 1.80 bits per heavy atom. The van der Waals surface area contributed by atoms with Gasteiger partial charge in [0.05, 0.1) is 0 Å². The van der Waals surface area contributed by atoms with Crippen LogP contribution in [0.2, 0.25) is 0 Å². The van der Waals surface area contributed by atoms with Gasteiger partial charge in [-0.1, -0.05) is 20.3 Å². The maximum Gasteiger partial charge on any atom is 0.332 e. The van der Waals surface area contributed by atoms with E-state index in [0.29, 0.717) is 5.92 Å². The number of hydrogen-bond donors (Lipinski definition) is 3. The highest BCUT2D eigenvalue weighted by molar-refractivity contribution is 5.71. The summed E-state index contributed by atoms with van der Waals surface area (Å²) in [6, 6.07) is 0. The first-order chi connectivity index (χ1) is 6.62. The van der Waals surface area contributed by atoms with Gasteiger partial charge >= 0.3 is 5.97 Å². The van der Waals surface area contributed by atoms with Gasteiger partial charge in [-0.25, -0.2) is 4.79 Å². The lowest BCUT2D eigenvalue weighted by Crippen LogP contribution is -2.39. The van der Waals surface area contributed by atoms with E-state index in [2.05, 4.69) is 27.7 Å². The zero-order valence-corrected chi connectivity index (χ0v) is 10.4. The molecule has 0 bridgehead atoms. The summed E-state index contributed by atoms with van der Waals surface area (Å²) in [7, 11) is 0. The molecular weight excluding hydrogens is 194 g/mol. The number of hydrogen-bond acceptors (Lipinski definition) is 3. The number of carboxylic acid groups (broad SMARTS) is 1. The van der Waals surface area contributed by atoms with Crippen LogP contribution < -0.4 is 5.73 Å². The summed E-state index contributed by atoms with van der Waals surface area (Å²) in [6.45, 7) is 9.79. The third-order valence-electron chi connectivity index (χ3n) is 2.35. The Bertz CT molecular complexity index is 173. The fraction of sp³-hybridized carbons (Fsp3) is 0.909. The molecule has 0 amide bonds. The molecule has 0 aliphatic heterocycles. The minimum Gasteiger partial charge on any atom is -0.479 e. The molecule has 4 N–H and O–H groups in total. The normalized spacial score (nSPS) is 14.9. The van der Waals surface area contributed by atoms with Crippen molar-refractivity contribution in [3.8, 4) is 0 Å². The predicted octanol–water partition coefficient (Wildman–Crippen LogP) is 1.61. The van der Waals surface area contributed by atoms with Gasteiger partial charge in [0.25, 0.3) is 0 Å². The van der Waals surface area contributed by atoms with Gasteiger partial charge in [-0.15, -0.1) is 0 Å². The van der Waals surface area contributed by atoms with Gasteiger partial charge in [0.1, 0.15) is 6.10 Å². The maximum absolute atomic E-state index is 9.45. The number of aliphatic carboxylic acids is 1. The highest BCUT2D eigenvalue weighted by Gasteiger charge is 2.18. The van der Waals surface area contributed by atoms with Crippen LogP contribution >= 0.6 is 0 Å². The van der Waals surface area contributed by atoms with Crippen molar-refractivity contribution in [2.24, 2.45) is 11.7 Å². The standard InChI is InChI=1S/C8H19N.C3H6O3/c1-5-6-7(2)8(3,4)9;1-2(4)3(5)6/h7H,5-6,9H2,1-4H3;2,4H,1H3,(H,5,6). The van der Waals surface area contributed by atoms with Crippen LogP contribution in [0.5, 0.6) is 0 Å². The lowest BCUT2D eigenvalue weighted by atomic mass is 9.87. The monoisotopic (exact) mass is 219 g/mol. The van der Waals surface area contributed by atoms with Gasteiger partial charge in [0.15, 0.2) is 0 Å². The largest absolute Gasteiger partial charge is 0.479 e. The second-order valence-corrected chi connectivity index (χ2v) is 4.53. The highest BCUT2D eigenvalue weighted by atomic mass is 16.4. The van der Waals surface area contributed by atoms with Crippen LogP contribution in [-0.2, 0) is 4.79 Å². The molecule has 0 saturated heterocycles. The smallest absolute Gasteiger partial charge is 0.332 e. The Balaban J connectivity index is 0. The molecule has 0 radical (unpaired) electrons. The zero-order chi connectivity index (χ0) is 12.6. The van der Waals surface area contributed by atoms with Crippen LogP contribution in [0.15, 0.2) is 0 Å². The summed E-state index contributed by atoms with van der Waals surface area (Å²) in [6.07, 6.45) is 1.25. The van der Waals surface area contributed by atoms with Gasteiger partial charge in [-0.05, 0) is 33.1 Å². The fourth-order valence-electron chi connectivity index (χ4n) is 0.805. The third kappa shape index (κ3) is 11.3. The average Bonchev–Trinajstić information content (AvgIpc) is 2.03. The molecule has 0 aromatic rings. The SMILES string of the molecule is CC(O)C(=O)O.CCCC(C)C(C)(C)N. The van der Waals surface area contributed by atoms with Crippen molar-refractivity contribution in [2.75, 3.05) is 0 Å². The minimum atomic E-state index is -1.23. The molecule has 0 saturated carbocycles. The maximum atomic E-state index is 9.45. The van der Waals surface area contributed by atoms with Crippen molar-refractivity contribution >= 4 is 5.97 Å². The summed E-state index contributed by atoms with van der Waals surface area (Å²) in [5.74, 6) is -0.544. The van der Waals surface area contributed by atoms with E-state index in [-0.39, 0.29) is 5.54 Å². The molecule has 4 nitrogen and oxygen atoms in total.